The lowest BCUT2D eigenvalue weighted by Crippen LogP contribution is -1.84. The van der Waals surface area contributed by atoms with Gasteiger partial charge in [0.2, 0.25) is 0 Å². The molecule has 2 rings (SSSR count). The molecule has 0 aliphatic carbocycles. The topological polar surface area (TPSA) is 48.9 Å². The van der Waals surface area contributed by atoms with Crippen LogP contribution in [0.1, 0.15) is 28.1 Å². The van der Waals surface area contributed by atoms with E-state index in [1.165, 1.54) is 0 Å². The molecule has 3 nitrogen and oxygen atoms in total. The number of H-pyrrole nitrogens is 1. The van der Waals surface area contributed by atoms with E-state index in [0.717, 1.165) is 28.1 Å². The van der Waals surface area contributed by atoms with E-state index in [0.29, 0.717) is 5.75 Å². The second kappa shape index (κ2) is 4.45. The minimum Gasteiger partial charge on any atom is -0.507 e. The third-order valence-corrected chi connectivity index (χ3v) is 2.83. The van der Waals surface area contributed by atoms with Crippen LogP contribution in [0, 0.1) is 20.8 Å². The van der Waals surface area contributed by atoms with Crippen LogP contribution in [-0.2, 0) is 0 Å². The fraction of sp³-hybridized carbons (Fsp3) is 0.214. The molecule has 0 spiro atoms. The highest BCUT2D eigenvalue weighted by molar-refractivity contribution is 5.71. The molecule has 17 heavy (non-hydrogen) atoms. The van der Waals surface area contributed by atoms with E-state index < -0.39 is 0 Å². The Morgan fingerprint density at radius 1 is 1.18 bits per heavy atom. The van der Waals surface area contributed by atoms with Gasteiger partial charge in [-0.05, 0) is 49.6 Å². The summed E-state index contributed by atoms with van der Waals surface area (Å²) in [7, 11) is 0. The van der Waals surface area contributed by atoms with Crippen molar-refractivity contribution in [2.75, 3.05) is 0 Å². The van der Waals surface area contributed by atoms with Gasteiger partial charge in [-0.2, -0.15) is 5.10 Å². The zero-order valence-electron chi connectivity index (χ0n) is 10.3. The predicted octanol–water partition coefficient (Wildman–Crippen LogP) is 3.21. The number of phenols is 1. The molecule has 0 fully saturated rings. The first-order chi connectivity index (χ1) is 8.08. The molecule has 0 unspecified atom stereocenters. The molecule has 0 radical (unpaired) electrons. The van der Waals surface area contributed by atoms with Crippen molar-refractivity contribution in [2.24, 2.45) is 0 Å². The highest BCUT2D eigenvalue weighted by Crippen LogP contribution is 2.25. The minimum absolute atomic E-state index is 0.366. The maximum atomic E-state index is 9.83. The Labute approximate surface area is 101 Å². The number of nitrogens with zero attached hydrogens (tertiary/aromatic N) is 1. The molecule has 1 aromatic heterocycles. The van der Waals surface area contributed by atoms with E-state index in [-0.39, 0.29) is 0 Å². The first-order valence-corrected chi connectivity index (χ1v) is 5.57. The molecule has 3 heteroatoms. The number of rotatable bonds is 2. The Kier molecular flexibility index (Phi) is 3.00. The average Bonchev–Trinajstić information content (AvgIpc) is 2.71. The molecule has 0 aliphatic heterocycles. The molecule has 88 valence electrons. The van der Waals surface area contributed by atoms with E-state index in [1.54, 1.807) is 0 Å². The fourth-order valence-corrected chi connectivity index (χ4v) is 1.73. The van der Waals surface area contributed by atoms with Crippen LogP contribution in [0.15, 0.2) is 18.2 Å². The number of hydrogen-bond donors (Lipinski definition) is 2. The van der Waals surface area contributed by atoms with Crippen LogP contribution in [0.25, 0.3) is 12.2 Å². The second-order valence-corrected chi connectivity index (χ2v) is 4.25. The smallest absolute Gasteiger partial charge is 0.121 e. The van der Waals surface area contributed by atoms with Gasteiger partial charge in [0.15, 0.2) is 0 Å². The summed E-state index contributed by atoms with van der Waals surface area (Å²) in [6.45, 7) is 5.78. The molecule has 0 saturated carbocycles. The molecular formula is C14H16N2O. The number of aromatic amines is 1. The molecule has 2 N–H and O–H groups in total. The number of hydrogen-bond acceptors (Lipinski definition) is 2. The summed E-state index contributed by atoms with van der Waals surface area (Å²) in [5, 5.41) is 16.8. The van der Waals surface area contributed by atoms with E-state index in [2.05, 4.69) is 10.2 Å². The van der Waals surface area contributed by atoms with E-state index >= 15 is 0 Å². The lowest BCUT2D eigenvalue weighted by Gasteiger charge is -2.05. The summed E-state index contributed by atoms with van der Waals surface area (Å²) in [5.74, 6) is 0.366. The SMILES string of the molecule is Cc1cc(/C=C/c2ccc(C)c(O)c2C)n[nH]1. The lowest BCUT2D eigenvalue weighted by molar-refractivity contribution is 0.467. The Hall–Kier alpha value is -2.03. The third-order valence-electron chi connectivity index (χ3n) is 2.83. The Bertz CT molecular complexity index is 568. The molecule has 0 saturated heterocycles. The van der Waals surface area contributed by atoms with Gasteiger partial charge in [0.05, 0.1) is 5.69 Å². The van der Waals surface area contributed by atoms with Crippen LogP contribution in [-0.4, -0.2) is 15.3 Å². The molecule has 0 bridgehead atoms. The predicted molar refractivity (Wildman–Crippen MR) is 69.8 cm³/mol. The van der Waals surface area contributed by atoms with Gasteiger partial charge in [-0.15, -0.1) is 0 Å². The average molecular weight is 228 g/mol. The maximum Gasteiger partial charge on any atom is 0.121 e. The number of phenolic OH excluding ortho intramolecular Hbond substituents is 1. The molecule has 1 aromatic carbocycles. The van der Waals surface area contributed by atoms with Crippen molar-refractivity contribution in [3.05, 3.63) is 46.3 Å². The van der Waals surface area contributed by atoms with E-state index in [9.17, 15) is 5.11 Å². The van der Waals surface area contributed by atoms with Crippen LogP contribution in [0.4, 0.5) is 0 Å². The molecule has 0 atom stereocenters. The van der Waals surface area contributed by atoms with E-state index in [1.807, 2.05) is 51.1 Å². The standard InChI is InChI=1S/C14H16N2O/c1-9-4-5-12(11(3)14(9)17)6-7-13-8-10(2)15-16-13/h4-8,17H,1-3H3,(H,15,16)/b7-6+. The van der Waals surface area contributed by atoms with Crippen LogP contribution in [0.5, 0.6) is 5.75 Å². The Morgan fingerprint density at radius 2 is 1.94 bits per heavy atom. The molecule has 2 aromatic rings. The summed E-state index contributed by atoms with van der Waals surface area (Å²) >= 11 is 0. The van der Waals surface area contributed by atoms with Crippen molar-refractivity contribution in [3.8, 4) is 5.75 Å². The fourth-order valence-electron chi connectivity index (χ4n) is 1.73. The lowest BCUT2D eigenvalue weighted by atomic mass is 10.0. The second-order valence-electron chi connectivity index (χ2n) is 4.25. The summed E-state index contributed by atoms with van der Waals surface area (Å²) < 4.78 is 0. The van der Waals surface area contributed by atoms with Crippen LogP contribution in [0.3, 0.4) is 0 Å². The monoisotopic (exact) mass is 228 g/mol. The summed E-state index contributed by atoms with van der Waals surface area (Å²) in [5.41, 5.74) is 4.73. The Morgan fingerprint density at radius 3 is 2.59 bits per heavy atom. The normalized spacial score (nSPS) is 11.2. The highest BCUT2D eigenvalue weighted by atomic mass is 16.3. The van der Waals surface area contributed by atoms with Crippen molar-refractivity contribution < 1.29 is 5.11 Å². The van der Waals surface area contributed by atoms with Crippen LogP contribution >= 0.6 is 0 Å². The Balaban J connectivity index is 2.30. The van der Waals surface area contributed by atoms with Crippen LogP contribution < -0.4 is 0 Å². The van der Waals surface area contributed by atoms with Gasteiger partial charge >= 0.3 is 0 Å². The number of benzene rings is 1. The van der Waals surface area contributed by atoms with Crippen molar-refractivity contribution in [1.29, 1.82) is 0 Å². The highest BCUT2D eigenvalue weighted by Gasteiger charge is 2.03. The summed E-state index contributed by atoms with van der Waals surface area (Å²) in [4.78, 5) is 0. The molecular weight excluding hydrogens is 212 g/mol. The first kappa shape index (κ1) is 11.5. The number of aromatic nitrogens is 2. The van der Waals surface area contributed by atoms with E-state index in [4.69, 9.17) is 0 Å². The van der Waals surface area contributed by atoms with Crippen LogP contribution in [0.2, 0.25) is 0 Å². The number of aryl methyl sites for hydroxylation is 2. The molecule has 1 heterocycles. The zero-order valence-corrected chi connectivity index (χ0v) is 10.3. The quantitative estimate of drug-likeness (QED) is 0.829. The number of nitrogens with one attached hydrogen (secondary N) is 1. The van der Waals surface area contributed by atoms with Crippen molar-refractivity contribution in [1.82, 2.24) is 10.2 Å². The molecule has 0 aliphatic rings. The number of aromatic hydroxyl groups is 1. The summed E-state index contributed by atoms with van der Waals surface area (Å²) in [6.07, 6.45) is 3.89. The van der Waals surface area contributed by atoms with Gasteiger partial charge < -0.3 is 5.11 Å². The maximum absolute atomic E-state index is 9.83. The summed E-state index contributed by atoms with van der Waals surface area (Å²) in [6, 6.07) is 5.89. The van der Waals surface area contributed by atoms with Crippen molar-refractivity contribution in [3.63, 3.8) is 0 Å². The van der Waals surface area contributed by atoms with Gasteiger partial charge in [0, 0.05) is 5.69 Å². The van der Waals surface area contributed by atoms with Crippen molar-refractivity contribution in [2.45, 2.75) is 20.8 Å². The van der Waals surface area contributed by atoms with Gasteiger partial charge in [-0.1, -0.05) is 18.2 Å². The van der Waals surface area contributed by atoms with Gasteiger partial charge in [0.25, 0.3) is 0 Å². The van der Waals surface area contributed by atoms with Crippen molar-refractivity contribution >= 4 is 12.2 Å². The minimum atomic E-state index is 0.366. The van der Waals surface area contributed by atoms with Gasteiger partial charge in [0.1, 0.15) is 5.75 Å². The zero-order chi connectivity index (χ0) is 12.4. The van der Waals surface area contributed by atoms with Gasteiger partial charge in [-0.25, -0.2) is 0 Å². The third kappa shape index (κ3) is 2.38. The largest absolute Gasteiger partial charge is 0.507 e. The molecule has 0 amide bonds. The van der Waals surface area contributed by atoms with Gasteiger partial charge in [-0.3, -0.25) is 5.10 Å². The first-order valence-electron chi connectivity index (χ1n) is 5.57.